The molecule has 0 atom stereocenters. The first-order valence-corrected chi connectivity index (χ1v) is 11.4. The topological polar surface area (TPSA) is 37.4 Å². The van der Waals surface area contributed by atoms with Gasteiger partial charge in [-0.15, -0.1) is 0 Å². The lowest BCUT2D eigenvalue weighted by molar-refractivity contribution is 0.0979. The smallest absolute Gasteiger partial charge is 0.195 e. The summed E-state index contributed by atoms with van der Waals surface area (Å²) in [7, 11) is 2.07. The minimum Gasteiger partial charge on any atom is -0.343 e. The molecule has 33 heavy (non-hydrogen) atoms. The van der Waals surface area contributed by atoms with Crippen LogP contribution in [-0.4, -0.2) is 18.6 Å². The molecule has 0 saturated carbocycles. The number of benzene rings is 4. The molecule has 0 saturated heterocycles. The highest BCUT2D eigenvalue weighted by atomic mass is 32.2. The highest BCUT2D eigenvalue weighted by molar-refractivity contribution is 7.99. The van der Waals surface area contributed by atoms with E-state index >= 15 is 0 Å². The van der Waals surface area contributed by atoms with E-state index in [2.05, 4.69) is 48.1 Å². The number of hydrogen-bond acceptors (Lipinski definition) is 4. The van der Waals surface area contributed by atoms with Crippen LogP contribution >= 0.6 is 11.8 Å². The van der Waals surface area contributed by atoms with Crippen molar-refractivity contribution >= 4 is 34.7 Å². The Bertz CT molecular complexity index is 1560. The molecule has 0 fully saturated rings. The summed E-state index contributed by atoms with van der Waals surface area (Å²) in [5.74, 6) is 6.10. The SMILES string of the molecule is CN1c2ccccc2Sc2cc(C#Cc3cccc4c3C(=O)c3ccccc3C4=O)ccc21. The Balaban J connectivity index is 1.40. The number of nitrogens with zero attached hydrogens (tertiary/aromatic N) is 1. The summed E-state index contributed by atoms with van der Waals surface area (Å²) in [6.07, 6.45) is 0. The molecule has 1 heterocycles. The number of anilines is 2. The summed E-state index contributed by atoms with van der Waals surface area (Å²) in [4.78, 5) is 30.7. The molecule has 0 N–H and O–H groups in total. The summed E-state index contributed by atoms with van der Waals surface area (Å²) in [5.41, 5.74) is 5.48. The highest BCUT2D eigenvalue weighted by Crippen LogP contribution is 2.47. The lowest BCUT2D eigenvalue weighted by atomic mass is 9.82. The van der Waals surface area contributed by atoms with Crippen LogP contribution in [0.4, 0.5) is 11.4 Å². The minimum atomic E-state index is -0.149. The number of rotatable bonds is 0. The number of fused-ring (bicyclic) bond motifs is 4. The van der Waals surface area contributed by atoms with Crippen LogP contribution < -0.4 is 4.90 Å². The van der Waals surface area contributed by atoms with E-state index in [1.807, 2.05) is 24.3 Å². The van der Waals surface area contributed by atoms with Gasteiger partial charge in [0.05, 0.1) is 11.4 Å². The number of carbonyl (C=O) groups excluding carboxylic acids is 2. The Morgan fingerprint density at radius 2 is 1.36 bits per heavy atom. The fourth-order valence-electron chi connectivity index (χ4n) is 4.41. The zero-order chi connectivity index (χ0) is 22.5. The summed E-state index contributed by atoms with van der Waals surface area (Å²) in [6, 6.07) is 26.8. The third-order valence-electron chi connectivity index (χ3n) is 6.06. The number of carbonyl (C=O) groups is 2. The van der Waals surface area contributed by atoms with Crippen molar-refractivity contribution in [1.29, 1.82) is 0 Å². The zero-order valence-electron chi connectivity index (χ0n) is 17.8. The average Bonchev–Trinajstić information content (AvgIpc) is 2.86. The summed E-state index contributed by atoms with van der Waals surface area (Å²) >= 11 is 1.73. The van der Waals surface area contributed by atoms with Gasteiger partial charge in [-0.3, -0.25) is 9.59 Å². The van der Waals surface area contributed by atoms with E-state index < -0.39 is 0 Å². The molecule has 2 aliphatic rings. The van der Waals surface area contributed by atoms with Gasteiger partial charge in [0.2, 0.25) is 0 Å². The molecule has 3 nitrogen and oxygen atoms in total. The first-order chi connectivity index (χ1) is 16.1. The maximum absolute atomic E-state index is 13.2. The molecular weight excluding hydrogens is 426 g/mol. The van der Waals surface area contributed by atoms with E-state index in [-0.39, 0.29) is 11.6 Å². The van der Waals surface area contributed by atoms with E-state index in [1.165, 1.54) is 10.6 Å². The molecule has 1 aliphatic heterocycles. The van der Waals surface area contributed by atoms with Gasteiger partial charge < -0.3 is 4.90 Å². The van der Waals surface area contributed by atoms with Crippen LogP contribution in [0.15, 0.2) is 94.7 Å². The minimum absolute atomic E-state index is 0.129. The second kappa shape index (κ2) is 7.51. The van der Waals surface area contributed by atoms with Crippen LogP contribution in [0.3, 0.4) is 0 Å². The molecule has 0 amide bonds. The Kier molecular flexibility index (Phi) is 4.46. The van der Waals surface area contributed by atoms with Gasteiger partial charge in [-0.05, 0) is 36.4 Å². The van der Waals surface area contributed by atoms with Crippen LogP contribution in [0.2, 0.25) is 0 Å². The van der Waals surface area contributed by atoms with Crippen molar-refractivity contribution in [1.82, 2.24) is 0 Å². The standard InChI is InChI=1S/C29H17NO2S/c1-30-23-11-4-5-12-25(23)33-26-17-18(14-16-24(26)30)13-15-19-7-6-10-22-27(19)29(32)21-9-3-2-8-20(21)28(22)31/h2-12,14,16-17H,1H3. The molecule has 0 radical (unpaired) electrons. The molecule has 0 unspecified atom stereocenters. The Labute approximate surface area is 196 Å². The number of ketones is 2. The largest absolute Gasteiger partial charge is 0.343 e. The van der Waals surface area contributed by atoms with Crippen molar-refractivity contribution in [2.75, 3.05) is 11.9 Å². The van der Waals surface area contributed by atoms with Crippen LogP contribution in [0.5, 0.6) is 0 Å². The van der Waals surface area contributed by atoms with E-state index in [9.17, 15) is 9.59 Å². The second-order valence-electron chi connectivity index (χ2n) is 7.99. The fraction of sp³-hybridized carbons (Fsp3) is 0.0345. The molecule has 0 bridgehead atoms. The predicted molar refractivity (Wildman–Crippen MR) is 131 cm³/mol. The van der Waals surface area contributed by atoms with Gasteiger partial charge in [-0.25, -0.2) is 0 Å². The van der Waals surface area contributed by atoms with Crippen molar-refractivity contribution in [3.05, 3.63) is 118 Å². The van der Waals surface area contributed by atoms with Crippen LogP contribution in [0.25, 0.3) is 0 Å². The van der Waals surface area contributed by atoms with E-state index in [1.54, 1.807) is 48.2 Å². The monoisotopic (exact) mass is 443 g/mol. The van der Waals surface area contributed by atoms with Crippen molar-refractivity contribution in [3.63, 3.8) is 0 Å². The summed E-state index contributed by atoms with van der Waals surface area (Å²) in [5, 5.41) is 0. The van der Waals surface area contributed by atoms with Gasteiger partial charge >= 0.3 is 0 Å². The van der Waals surface area contributed by atoms with Crippen molar-refractivity contribution < 1.29 is 9.59 Å². The molecule has 4 aromatic carbocycles. The number of para-hydroxylation sites is 1. The van der Waals surface area contributed by atoms with Crippen molar-refractivity contribution in [2.24, 2.45) is 0 Å². The number of hydrogen-bond donors (Lipinski definition) is 0. The molecule has 0 aromatic heterocycles. The van der Waals surface area contributed by atoms with Crippen LogP contribution in [-0.2, 0) is 0 Å². The second-order valence-corrected chi connectivity index (χ2v) is 9.08. The van der Waals surface area contributed by atoms with Gasteiger partial charge in [-0.2, -0.15) is 0 Å². The normalized spacial score (nSPS) is 13.3. The lowest BCUT2D eigenvalue weighted by Crippen LogP contribution is -2.21. The van der Waals surface area contributed by atoms with Crippen LogP contribution in [0, 0.1) is 11.8 Å². The third kappa shape index (κ3) is 3.09. The molecular formula is C29H17NO2S. The average molecular weight is 444 g/mol. The molecule has 156 valence electrons. The first kappa shape index (κ1) is 19.6. The Morgan fingerprint density at radius 3 is 2.21 bits per heavy atom. The van der Waals surface area contributed by atoms with Gasteiger partial charge in [0.1, 0.15) is 0 Å². The first-order valence-electron chi connectivity index (χ1n) is 10.6. The zero-order valence-corrected chi connectivity index (χ0v) is 18.6. The fourth-order valence-corrected chi connectivity index (χ4v) is 5.60. The van der Waals surface area contributed by atoms with Gasteiger partial charge in [0.15, 0.2) is 11.6 Å². The van der Waals surface area contributed by atoms with Crippen molar-refractivity contribution in [2.45, 2.75) is 9.79 Å². The van der Waals surface area contributed by atoms with Gasteiger partial charge in [0.25, 0.3) is 0 Å². The Morgan fingerprint density at radius 1 is 0.667 bits per heavy atom. The summed E-state index contributed by atoms with van der Waals surface area (Å²) in [6.45, 7) is 0. The van der Waals surface area contributed by atoms with Crippen LogP contribution in [0.1, 0.15) is 43.0 Å². The molecule has 6 rings (SSSR count). The van der Waals surface area contributed by atoms with E-state index in [0.29, 0.717) is 27.8 Å². The quantitative estimate of drug-likeness (QED) is 0.271. The maximum Gasteiger partial charge on any atom is 0.195 e. The van der Waals surface area contributed by atoms with Gasteiger partial charge in [-0.1, -0.05) is 72.1 Å². The van der Waals surface area contributed by atoms with Gasteiger partial charge in [0, 0.05) is 50.2 Å². The molecule has 0 spiro atoms. The van der Waals surface area contributed by atoms with E-state index in [0.717, 1.165) is 16.1 Å². The molecule has 1 aliphatic carbocycles. The molecule has 4 aromatic rings. The molecule has 4 heteroatoms. The highest BCUT2D eigenvalue weighted by Gasteiger charge is 2.30. The summed E-state index contributed by atoms with van der Waals surface area (Å²) < 4.78 is 0. The third-order valence-corrected chi connectivity index (χ3v) is 7.17. The lowest BCUT2D eigenvalue weighted by Gasteiger charge is -2.29. The van der Waals surface area contributed by atoms with Crippen molar-refractivity contribution in [3.8, 4) is 11.8 Å². The Hall–Kier alpha value is -4.07. The predicted octanol–water partition coefficient (Wildman–Crippen LogP) is 6.09. The maximum atomic E-state index is 13.2. The van der Waals surface area contributed by atoms with E-state index in [4.69, 9.17) is 0 Å².